The second-order valence-electron chi connectivity index (χ2n) is 7.80. The number of anilines is 1. The second-order valence-corrected chi connectivity index (χ2v) is 11.0. The van der Waals surface area contributed by atoms with E-state index in [9.17, 15) is 13.2 Å². The van der Waals surface area contributed by atoms with E-state index in [4.69, 9.17) is 34.8 Å². The topological polar surface area (TPSA) is 66.5 Å². The summed E-state index contributed by atoms with van der Waals surface area (Å²) in [7, 11) is -4.01. The lowest BCUT2D eigenvalue weighted by atomic mass is 10.1. The molecule has 3 aromatic carbocycles. The molecule has 0 saturated carbocycles. The van der Waals surface area contributed by atoms with Gasteiger partial charge in [-0.1, -0.05) is 64.6 Å². The van der Waals surface area contributed by atoms with Gasteiger partial charge in [0, 0.05) is 16.6 Å². The molecule has 3 rings (SSSR count). The highest BCUT2D eigenvalue weighted by Crippen LogP contribution is 2.28. The van der Waals surface area contributed by atoms with E-state index in [0.717, 1.165) is 9.87 Å². The third kappa shape index (κ3) is 6.28. The molecule has 0 aliphatic carbocycles. The Morgan fingerprint density at radius 1 is 0.879 bits per heavy atom. The molecule has 1 amide bonds. The van der Waals surface area contributed by atoms with E-state index in [1.165, 1.54) is 6.07 Å². The average molecular weight is 526 g/mol. The van der Waals surface area contributed by atoms with Gasteiger partial charge in [0.2, 0.25) is 15.9 Å². The zero-order chi connectivity index (χ0) is 24.3. The van der Waals surface area contributed by atoms with Crippen molar-refractivity contribution in [2.75, 3.05) is 11.9 Å². The molecule has 0 bridgehead atoms. The lowest BCUT2D eigenvalue weighted by molar-refractivity contribution is -0.116. The molecule has 0 radical (unpaired) electrons. The van der Waals surface area contributed by atoms with Gasteiger partial charge in [-0.15, -0.1) is 0 Å². The Hall–Kier alpha value is -2.09. The Kier molecular flexibility index (Phi) is 8.08. The number of benzene rings is 3. The van der Waals surface area contributed by atoms with Gasteiger partial charge in [0.1, 0.15) is 0 Å². The number of nitrogens with one attached hydrogen (secondary N) is 1. The Morgan fingerprint density at radius 3 is 2.03 bits per heavy atom. The number of amides is 1. The summed E-state index contributed by atoms with van der Waals surface area (Å²) in [5.41, 5.74) is 3.24. The van der Waals surface area contributed by atoms with Crippen LogP contribution in [0.25, 0.3) is 0 Å². The van der Waals surface area contributed by atoms with Crippen LogP contribution in [-0.2, 0) is 21.4 Å². The van der Waals surface area contributed by atoms with E-state index in [-0.39, 0.29) is 16.5 Å². The number of nitrogens with zero attached hydrogens (tertiary/aromatic N) is 1. The molecular formula is C24H23Cl3N2O3S. The van der Waals surface area contributed by atoms with Crippen LogP contribution in [-0.4, -0.2) is 25.2 Å². The van der Waals surface area contributed by atoms with E-state index < -0.39 is 22.5 Å². The van der Waals surface area contributed by atoms with Crippen molar-refractivity contribution in [2.24, 2.45) is 0 Å². The van der Waals surface area contributed by atoms with Crippen LogP contribution in [0.4, 0.5) is 5.69 Å². The maximum absolute atomic E-state index is 13.7. The van der Waals surface area contributed by atoms with E-state index in [1.54, 1.807) is 50.2 Å². The molecule has 33 heavy (non-hydrogen) atoms. The van der Waals surface area contributed by atoms with Crippen LogP contribution in [0.15, 0.2) is 59.5 Å². The Balaban J connectivity index is 1.97. The van der Waals surface area contributed by atoms with Crippen molar-refractivity contribution in [3.05, 3.63) is 91.9 Å². The number of rotatable bonds is 7. The number of aryl methyl sites for hydroxylation is 3. The standard InChI is InChI=1S/C24H23Cl3N2O3S/c1-15-10-16(2)24(17(3)11-15)33(31,32)29(13-18-4-6-19(25)7-5-18)14-23(30)28-22-9-8-20(26)12-21(22)27/h4-12H,13-14H2,1-3H3,(H,28,30). The van der Waals surface area contributed by atoms with Crippen molar-refractivity contribution in [3.8, 4) is 0 Å². The summed E-state index contributed by atoms with van der Waals surface area (Å²) in [6.45, 7) is 5.00. The van der Waals surface area contributed by atoms with Crippen LogP contribution in [0.3, 0.4) is 0 Å². The van der Waals surface area contributed by atoms with Gasteiger partial charge < -0.3 is 5.32 Å². The summed E-state index contributed by atoms with van der Waals surface area (Å²) in [6.07, 6.45) is 0. The highest BCUT2D eigenvalue weighted by atomic mass is 35.5. The fraction of sp³-hybridized carbons (Fsp3) is 0.208. The fourth-order valence-corrected chi connectivity index (χ4v) is 6.04. The van der Waals surface area contributed by atoms with Crippen LogP contribution < -0.4 is 5.32 Å². The van der Waals surface area contributed by atoms with E-state index in [2.05, 4.69) is 5.32 Å². The van der Waals surface area contributed by atoms with Crippen molar-refractivity contribution >= 4 is 56.4 Å². The molecule has 5 nitrogen and oxygen atoms in total. The van der Waals surface area contributed by atoms with Gasteiger partial charge in [-0.25, -0.2) is 8.42 Å². The van der Waals surface area contributed by atoms with Crippen molar-refractivity contribution in [1.82, 2.24) is 4.31 Å². The minimum atomic E-state index is -4.01. The molecule has 9 heteroatoms. The molecule has 0 atom stereocenters. The number of carbonyl (C=O) groups is 1. The van der Waals surface area contributed by atoms with E-state index >= 15 is 0 Å². The molecule has 0 fully saturated rings. The second kappa shape index (κ2) is 10.5. The molecule has 174 valence electrons. The Bertz CT molecular complexity index is 1270. The van der Waals surface area contributed by atoms with Crippen LogP contribution in [0.1, 0.15) is 22.3 Å². The molecule has 3 aromatic rings. The summed E-state index contributed by atoms with van der Waals surface area (Å²) in [5, 5.41) is 3.89. The number of carbonyl (C=O) groups excluding carboxylic acids is 1. The smallest absolute Gasteiger partial charge is 0.244 e. The summed E-state index contributed by atoms with van der Waals surface area (Å²) >= 11 is 18.0. The third-order valence-electron chi connectivity index (χ3n) is 5.00. The first kappa shape index (κ1) is 25.5. The van der Waals surface area contributed by atoms with Gasteiger partial charge in [0.05, 0.1) is 22.2 Å². The van der Waals surface area contributed by atoms with Crippen molar-refractivity contribution in [1.29, 1.82) is 0 Å². The van der Waals surface area contributed by atoms with Gasteiger partial charge in [0.25, 0.3) is 0 Å². The SMILES string of the molecule is Cc1cc(C)c(S(=O)(=O)N(CC(=O)Nc2ccc(Cl)cc2Cl)Cc2ccc(Cl)cc2)c(C)c1. The van der Waals surface area contributed by atoms with E-state index in [1.807, 2.05) is 19.1 Å². The molecule has 0 unspecified atom stereocenters. The first-order chi connectivity index (χ1) is 15.5. The number of hydrogen-bond donors (Lipinski definition) is 1. The summed E-state index contributed by atoms with van der Waals surface area (Å²) < 4.78 is 28.6. The molecular weight excluding hydrogens is 503 g/mol. The summed E-state index contributed by atoms with van der Waals surface area (Å²) in [6, 6.07) is 15.1. The van der Waals surface area contributed by atoms with Gasteiger partial charge in [-0.2, -0.15) is 4.31 Å². The normalized spacial score (nSPS) is 11.6. The van der Waals surface area contributed by atoms with Gasteiger partial charge in [-0.3, -0.25) is 4.79 Å². The summed E-state index contributed by atoms with van der Waals surface area (Å²) in [4.78, 5) is 13.1. The zero-order valence-corrected chi connectivity index (χ0v) is 21.4. The van der Waals surface area contributed by atoms with E-state index in [0.29, 0.717) is 32.4 Å². The Morgan fingerprint density at radius 2 is 1.45 bits per heavy atom. The average Bonchev–Trinajstić information content (AvgIpc) is 2.70. The lowest BCUT2D eigenvalue weighted by Gasteiger charge is -2.24. The van der Waals surface area contributed by atoms with Crippen LogP contribution in [0.5, 0.6) is 0 Å². The molecule has 0 saturated heterocycles. The van der Waals surface area contributed by atoms with Gasteiger partial charge in [-0.05, 0) is 67.8 Å². The maximum atomic E-state index is 13.7. The van der Waals surface area contributed by atoms with Crippen LogP contribution >= 0.6 is 34.8 Å². The fourth-order valence-electron chi connectivity index (χ4n) is 3.66. The molecule has 1 N–H and O–H groups in total. The first-order valence-electron chi connectivity index (χ1n) is 10.0. The molecule has 0 aromatic heterocycles. The highest BCUT2D eigenvalue weighted by molar-refractivity contribution is 7.89. The van der Waals surface area contributed by atoms with Crippen molar-refractivity contribution in [3.63, 3.8) is 0 Å². The van der Waals surface area contributed by atoms with Crippen molar-refractivity contribution in [2.45, 2.75) is 32.2 Å². The monoisotopic (exact) mass is 524 g/mol. The minimum absolute atomic E-state index is 0.00592. The molecule has 0 aliphatic rings. The van der Waals surface area contributed by atoms with Gasteiger partial charge >= 0.3 is 0 Å². The zero-order valence-electron chi connectivity index (χ0n) is 18.3. The molecule has 0 aliphatic heterocycles. The highest BCUT2D eigenvalue weighted by Gasteiger charge is 2.30. The predicted octanol–water partition coefficient (Wildman–Crippen LogP) is 6.40. The lowest BCUT2D eigenvalue weighted by Crippen LogP contribution is -2.38. The van der Waals surface area contributed by atoms with Crippen molar-refractivity contribution < 1.29 is 13.2 Å². The number of halogens is 3. The predicted molar refractivity (Wildman–Crippen MR) is 135 cm³/mol. The van der Waals surface area contributed by atoms with Crippen LogP contribution in [0, 0.1) is 20.8 Å². The number of sulfonamides is 1. The maximum Gasteiger partial charge on any atom is 0.244 e. The number of hydrogen-bond acceptors (Lipinski definition) is 3. The largest absolute Gasteiger partial charge is 0.324 e. The minimum Gasteiger partial charge on any atom is -0.324 e. The quantitative estimate of drug-likeness (QED) is 0.388. The Labute approximate surface area is 209 Å². The molecule has 0 spiro atoms. The van der Waals surface area contributed by atoms with Gasteiger partial charge in [0.15, 0.2) is 0 Å². The molecule has 0 heterocycles. The third-order valence-corrected chi connectivity index (χ3v) is 7.90. The summed E-state index contributed by atoms with van der Waals surface area (Å²) in [5.74, 6) is -0.529. The van der Waals surface area contributed by atoms with Crippen LogP contribution in [0.2, 0.25) is 15.1 Å². The first-order valence-corrected chi connectivity index (χ1v) is 12.6.